The first-order valence-corrected chi connectivity index (χ1v) is 8.18. The minimum absolute atomic E-state index is 0.190. The molecule has 0 spiro atoms. The number of hydrogen-bond acceptors (Lipinski definition) is 4. The molecule has 0 aliphatic rings. The Bertz CT molecular complexity index is 933. The third-order valence-electron chi connectivity index (χ3n) is 3.54. The van der Waals surface area contributed by atoms with Gasteiger partial charge in [0, 0.05) is 23.4 Å². The van der Waals surface area contributed by atoms with Crippen molar-refractivity contribution in [2.45, 2.75) is 20.0 Å². The number of rotatable bonds is 5. The Labute approximate surface area is 150 Å². The monoisotopic (exact) mass is 351 g/mol. The van der Waals surface area contributed by atoms with E-state index < -0.39 is 5.97 Å². The van der Waals surface area contributed by atoms with Crippen LogP contribution in [0.2, 0.25) is 0 Å². The van der Waals surface area contributed by atoms with Gasteiger partial charge in [0.25, 0.3) is 0 Å². The lowest BCUT2D eigenvalue weighted by Crippen LogP contribution is -2.08. The number of nitrogens with zero attached hydrogens (tertiary/aromatic N) is 3. The van der Waals surface area contributed by atoms with Gasteiger partial charge in [-0.15, -0.1) is 5.10 Å². The van der Waals surface area contributed by atoms with E-state index in [1.165, 1.54) is 29.4 Å². The highest BCUT2D eigenvalue weighted by Gasteiger charge is 2.10. The molecule has 3 aromatic rings. The van der Waals surface area contributed by atoms with Gasteiger partial charge in [0.15, 0.2) is 5.82 Å². The average molecular weight is 351 g/mol. The molecule has 0 aliphatic heterocycles. The maximum atomic E-state index is 14.5. The van der Waals surface area contributed by atoms with E-state index in [1.54, 1.807) is 26.0 Å². The predicted octanol–water partition coefficient (Wildman–Crippen LogP) is 4.17. The van der Waals surface area contributed by atoms with Gasteiger partial charge < -0.3 is 4.74 Å². The van der Waals surface area contributed by atoms with E-state index in [0.717, 1.165) is 5.56 Å². The molecule has 0 bridgehead atoms. The summed E-state index contributed by atoms with van der Waals surface area (Å²) in [5, 5.41) is 4.22. The highest BCUT2D eigenvalue weighted by molar-refractivity contribution is 5.85. The van der Waals surface area contributed by atoms with Crippen LogP contribution in [0, 0.1) is 5.82 Å². The first-order chi connectivity index (χ1) is 12.5. The molecule has 0 aliphatic carbocycles. The topological polar surface area (TPSA) is 57.0 Å². The number of carbonyl (C=O) groups excluding carboxylic acids is 1. The highest BCUT2D eigenvalue weighted by atomic mass is 19.1. The number of hydrogen-bond donors (Lipinski definition) is 0. The summed E-state index contributed by atoms with van der Waals surface area (Å²) in [6, 6.07) is 14.2. The summed E-state index contributed by atoms with van der Waals surface area (Å²) in [5.74, 6) is -0.443. The maximum Gasteiger partial charge on any atom is 0.332 e. The van der Waals surface area contributed by atoms with E-state index in [9.17, 15) is 9.18 Å². The zero-order valence-corrected chi connectivity index (χ0v) is 14.5. The van der Waals surface area contributed by atoms with E-state index >= 15 is 0 Å². The molecule has 132 valence electrons. The summed E-state index contributed by atoms with van der Waals surface area (Å²) in [4.78, 5) is 15.7. The van der Waals surface area contributed by atoms with Crippen LogP contribution in [0.15, 0.2) is 60.9 Å². The van der Waals surface area contributed by atoms with Crippen molar-refractivity contribution in [3.63, 3.8) is 0 Å². The second kappa shape index (κ2) is 7.74. The van der Waals surface area contributed by atoms with Gasteiger partial charge in [-0.2, -0.15) is 0 Å². The fourth-order valence-corrected chi connectivity index (χ4v) is 2.39. The number of carbonyl (C=O) groups is 1. The smallest absolute Gasteiger partial charge is 0.332 e. The SMILES string of the molecule is CC(C)OC(=O)C=Cn1cnc(-c2ccc(-c3ccccc3)c(F)c2)n1. The van der Waals surface area contributed by atoms with Crippen LogP contribution in [-0.4, -0.2) is 26.8 Å². The van der Waals surface area contributed by atoms with Crippen LogP contribution in [0.3, 0.4) is 0 Å². The van der Waals surface area contributed by atoms with Gasteiger partial charge in [0.2, 0.25) is 0 Å². The van der Waals surface area contributed by atoms with Gasteiger partial charge in [-0.05, 0) is 25.5 Å². The van der Waals surface area contributed by atoms with Crippen molar-refractivity contribution < 1.29 is 13.9 Å². The zero-order chi connectivity index (χ0) is 18.5. The summed E-state index contributed by atoms with van der Waals surface area (Å²) < 4.78 is 20.8. The van der Waals surface area contributed by atoms with Gasteiger partial charge in [0.1, 0.15) is 12.1 Å². The van der Waals surface area contributed by atoms with Gasteiger partial charge in [-0.25, -0.2) is 18.9 Å². The predicted molar refractivity (Wildman–Crippen MR) is 97.4 cm³/mol. The molecule has 2 aromatic carbocycles. The van der Waals surface area contributed by atoms with Gasteiger partial charge in [0.05, 0.1) is 6.10 Å². The lowest BCUT2D eigenvalue weighted by Gasteiger charge is -2.04. The molecule has 0 fully saturated rings. The Morgan fingerprint density at radius 2 is 1.92 bits per heavy atom. The maximum absolute atomic E-state index is 14.5. The summed E-state index contributed by atoms with van der Waals surface area (Å²) in [5.41, 5.74) is 1.88. The van der Waals surface area contributed by atoms with E-state index in [4.69, 9.17) is 4.74 Å². The number of halogens is 1. The van der Waals surface area contributed by atoms with Crippen LogP contribution >= 0.6 is 0 Å². The third kappa shape index (κ3) is 4.22. The third-order valence-corrected chi connectivity index (χ3v) is 3.54. The van der Waals surface area contributed by atoms with Gasteiger partial charge in [-0.1, -0.05) is 42.5 Å². The molecule has 26 heavy (non-hydrogen) atoms. The molecule has 0 unspecified atom stereocenters. The standard InChI is InChI=1S/C20H18FN3O2/c1-14(2)26-19(25)10-11-24-13-22-20(23-24)16-8-9-17(18(21)12-16)15-6-4-3-5-7-15/h3-14H,1-2H3. The lowest BCUT2D eigenvalue weighted by molar-refractivity contribution is -0.141. The number of aromatic nitrogens is 3. The summed E-state index contributed by atoms with van der Waals surface area (Å²) in [7, 11) is 0. The Hall–Kier alpha value is -3.28. The largest absolute Gasteiger partial charge is 0.460 e. The van der Waals surface area contributed by atoms with Crippen LogP contribution < -0.4 is 0 Å². The molecular weight excluding hydrogens is 333 g/mol. The fourth-order valence-electron chi connectivity index (χ4n) is 2.39. The second-order valence-electron chi connectivity index (χ2n) is 5.91. The van der Waals surface area contributed by atoms with Crippen molar-refractivity contribution in [2.24, 2.45) is 0 Å². The molecule has 0 amide bonds. The number of benzene rings is 2. The van der Waals surface area contributed by atoms with Crippen LogP contribution in [-0.2, 0) is 9.53 Å². The van der Waals surface area contributed by atoms with Crippen LogP contribution in [0.25, 0.3) is 28.7 Å². The normalized spacial score (nSPS) is 11.2. The minimum Gasteiger partial charge on any atom is -0.460 e. The molecule has 6 heteroatoms. The fraction of sp³-hybridized carbons (Fsp3) is 0.150. The van der Waals surface area contributed by atoms with Crippen molar-refractivity contribution in [1.82, 2.24) is 14.8 Å². The minimum atomic E-state index is -0.463. The van der Waals surface area contributed by atoms with Crippen molar-refractivity contribution >= 4 is 12.2 Å². The molecule has 0 saturated heterocycles. The second-order valence-corrected chi connectivity index (χ2v) is 5.91. The molecule has 0 N–H and O–H groups in total. The molecule has 1 heterocycles. The Morgan fingerprint density at radius 3 is 2.62 bits per heavy atom. The molecule has 1 aromatic heterocycles. The lowest BCUT2D eigenvalue weighted by atomic mass is 10.0. The molecular formula is C20H18FN3O2. The van der Waals surface area contributed by atoms with Gasteiger partial charge >= 0.3 is 5.97 Å². The zero-order valence-electron chi connectivity index (χ0n) is 14.5. The van der Waals surface area contributed by atoms with E-state index in [2.05, 4.69) is 10.1 Å². The van der Waals surface area contributed by atoms with E-state index in [-0.39, 0.29) is 11.9 Å². The number of ether oxygens (including phenoxy) is 1. The van der Waals surface area contributed by atoms with Crippen molar-refractivity contribution in [3.05, 3.63) is 66.8 Å². The van der Waals surface area contributed by atoms with E-state index in [1.807, 2.05) is 30.3 Å². The average Bonchev–Trinajstić information content (AvgIpc) is 3.09. The first-order valence-electron chi connectivity index (χ1n) is 8.18. The highest BCUT2D eigenvalue weighted by Crippen LogP contribution is 2.26. The number of esters is 1. The van der Waals surface area contributed by atoms with Crippen LogP contribution in [0.5, 0.6) is 0 Å². The summed E-state index contributed by atoms with van der Waals surface area (Å²) in [6.45, 7) is 3.54. The Morgan fingerprint density at radius 1 is 1.15 bits per heavy atom. The summed E-state index contributed by atoms with van der Waals surface area (Å²) >= 11 is 0. The van der Waals surface area contributed by atoms with Crippen LogP contribution in [0.4, 0.5) is 4.39 Å². The van der Waals surface area contributed by atoms with Crippen LogP contribution in [0.1, 0.15) is 13.8 Å². The quantitative estimate of drug-likeness (QED) is 0.511. The summed E-state index contributed by atoms with van der Waals surface area (Å²) in [6.07, 6.45) is 3.95. The molecule has 3 rings (SSSR count). The van der Waals surface area contributed by atoms with Crippen molar-refractivity contribution in [3.8, 4) is 22.5 Å². The molecule has 5 nitrogen and oxygen atoms in total. The molecule has 0 radical (unpaired) electrons. The Balaban J connectivity index is 1.78. The Kier molecular flexibility index (Phi) is 5.22. The van der Waals surface area contributed by atoms with Gasteiger partial charge in [-0.3, -0.25) is 0 Å². The van der Waals surface area contributed by atoms with Crippen molar-refractivity contribution in [2.75, 3.05) is 0 Å². The van der Waals surface area contributed by atoms with E-state index in [0.29, 0.717) is 17.0 Å². The molecule has 0 saturated carbocycles. The van der Waals surface area contributed by atoms with Crippen molar-refractivity contribution in [1.29, 1.82) is 0 Å². The molecule has 0 atom stereocenters. The first kappa shape index (κ1) is 17.5.